The lowest BCUT2D eigenvalue weighted by Crippen LogP contribution is -2.00. The molecule has 0 aromatic carbocycles. The molecule has 2 aromatic heterocycles. The van der Waals surface area contributed by atoms with E-state index in [4.69, 9.17) is 16.3 Å². The predicted molar refractivity (Wildman–Crippen MR) is 73.7 cm³/mol. The first-order valence-electron chi connectivity index (χ1n) is 6.34. The van der Waals surface area contributed by atoms with Gasteiger partial charge >= 0.3 is 0 Å². The summed E-state index contributed by atoms with van der Waals surface area (Å²) in [5.41, 5.74) is 0. The molecule has 0 aliphatic carbocycles. The molecule has 102 valence electrons. The normalized spacial score (nSPS) is 11.0. The molecule has 19 heavy (non-hydrogen) atoms. The van der Waals surface area contributed by atoms with Crippen molar-refractivity contribution in [2.24, 2.45) is 0 Å². The van der Waals surface area contributed by atoms with Gasteiger partial charge in [0.15, 0.2) is 5.75 Å². The number of hydrogen-bond donors (Lipinski definition) is 0. The van der Waals surface area contributed by atoms with Crippen LogP contribution in [-0.4, -0.2) is 19.7 Å². The fourth-order valence-electron chi connectivity index (χ4n) is 1.61. The van der Waals surface area contributed by atoms with Gasteiger partial charge in [-0.1, -0.05) is 18.5 Å². The number of rotatable bonds is 5. The lowest BCUT2D eigenvalue weighted by Gasteiger charge is -2.05. The van der Waals surface area contributed by atoms with E-state index < -0.39 is 0 Å². The van der Waals surface area contributed by atoms with Crippen molar-refractivity contribution in [2.75, 3.05) is 0 Å². The third kappa shape index (κ3) is 3.67. The monoisotopic (exact) mass is 280 g/mol. The molecule has 0 saturated carbocycles. The second kappa shape index (κ2) is 6.02. The number of aromatic nitrogens is 4. The molecule has 6 heteroatoms. The summed E-state index contributed by atoms with van der Waals surface area (Å²) in [7, 11) is 0. The maximum atomic E-state index is 5.96. The van der Waals surface area contributed by atoms with Gasteiger partial charge in [-0.3, -0.25) is 4.68 Å². The summed E-state index contributed by atoms with van der Waals surface area (Å²) < 4.78 is 7.48. The highest BCUT2D eigenvalue weighted by Gasteiger charge is 2.07. The van der Waals surface area contributed by atoms with Gasteiger partial charge in [-0.05, 0) is 20.3 Å². The Morgan fingerprint density at radius 3 is 2.79 bits per heavy atom. The molecule has 0 unspecified atom stereocenters. The van der Waals surface area contributed by atoms with Gasteiger partial charge in [0.1, 0.15) is 11.0 Å². The van der Waals surface area contributed by atoms with Crippen LogP contribution in [0.25, 0.3) is 0 Å². The second-order valence-corrected chi connectivity index (χ2v) is 4.93. The topological polar surface area (TPSA) is 52.8 Å². The van der Waals surface area contributed by atoms with Crippen molar-refractivity contribution >= 4 is 11.6 Å². The van der Waals surface area contributed by atoms with Crippen LogP contribution >= 0.6 is 11.6 Å². The van der Waals surface area contributed by atoms with E-state index in [9.17, 15) is 0 Å². The van der Waals surface area contributed by atoms with Crippen LogP contribution in [0.5, 0.6) is 11.6 Å². The number of aryl methyl sites for hydroxylation is 1. The van der Waals surface area contributed by atoms with E-state index >= 15 is 0 Å². The first-order valence-corrected chi connectivity index (χ1v) is 6.71. The molecule has 0 bridgehead atoms. The molecule has 5 nitrogen and oxygen atoms in total. The fourth-order valence-corrected chi connectivity index (χ4v) is 1.80. The minimum atomic E-state index is 0.294. The van der Waals surface area contributed by atoms with Crippen molar-refractivity contribution < 1.29 is 4.74 Å². The van der Waals surface area contributed by atoms with Crippen LogP contribution in [0.15, 0.2) is 18.5 Å². The maximum absolute atomic E-state index is 5.96. The summed E-state index contributed by atoms with van der Waals surface area (Å²) in [6, 6.07) is 1.90. The van der Waals surface area contributed by atoms with E-state index in [0.717, 1.165) is 12.8 Å². The average molecular weight is 281 g/mol. The standard InChI is InChI=1S/C13H17ClN4O/c1-4-5-12-16-11(14)6-13(17-12)19-10-7-15-18(8-10)9(2)3/h6-9H,4-5H2,1-3H3. The van der Waals surface area contributed by atoms with Crippen LogP contribution in [0.1, 0.15) is 39.1 Å². The molecular weight excluding hydrogens is 264 g/mol. The highest BCUT2D eigenvalue weighted by molar-refractivity contribution is 6.29. The Kier molecular flexibility index (Phi) is 4.37. The van der Waals surface area contributed by atoms with Gasteiger partial charge < -0.3 is 4.74 Å². The second-order valence-electron chi connectivity index (χ2n) is 4.55. The van der Waals surface area contributed by atoms with Crippen molar-refractivity contribution in [2.45, 2.75) is 39.7 Å². The Labute approximate surface area is 117 Å². The highest BCUT2D eigenvalue weighted by atomic mass is 35.5. The molecule has 0 radical (unpaired) electrons. The zero-order chi connectivity index (χ0) is 13.8. The van der Waals surface area contributed by atoms with Gasteiger partial charge in [0, 0.05) is 18.5 Å². The molecule has 2 aromatic rings. The van der Waals surface area contributed by atoms with E-state index in [1.807, 2.05) is 10.9 Å². The van der Waals surface area contributed by atoms with Crippen molar-refractivity contribution in [3.63, 3.8) is 0 Å². The number of halogens is 1. The number of ether oxygens (including phenoxy) is 1. The van der Waals surface area contributed by atoms with E-state index in [-0.39, 0.29) is 0 Å². The smallest absolute Gasteiger partial charge is 0.224 e. The number of nitrogens with zero attached hydrogens (tertiary/aromatic N) is 4. The minimum absolute atomic E-state index is 0.294. The average Bonchev–Trinajstić information content (AvgIpc) is 2.77. The zero-order valence-electron chi connectivity index (χ0n) is 11.3. The minimum Gasteiger partial charge on any atom is -0.436 e. The molecule has 2 rings (SSSR count). The van der Waals surface area contributed by atoms with Gasteiger partial charge in [0.25, 0.3) is 0 Å². The Morgan fingerprint density at radius 1 is 1.37 bits per heavy atom. The summed E-state index contributed by atoms with van der Waals surface area (Å²) in [5, 5.41) is 4.60. The molecule has 0 aliphatic heterocycles. The largest absolute Gasteiger partial charge is 0.436 e. The van der Waals surface area contributed by atoms with E-state index in [1.165, 1.54) is 0 Å². The molecule has 0 aliphatic rings. The molecule has 0 atom stereocenters. The highest BCUT2D eigenvalue weighted by Crippen LogP contribution is 2.22. The first kappa shape index (κ1) is 13.8. The maximum Gasteiger partial charge on any atom is 0.224 e. The van der Waals surface area contributed by atoms with Crippen molar-refractivity contribution in [3.05, 3.63) is 29.4 Å². The van der Waals surface area contributed by atoms with Crippen molar-refractivity contribution in [1.29, 1.82) is 0 Å². The third-order valence-corrected chi connectivity index (χ3v) is 2.71. The molecule has 0 fully saturated rings. The van der Waals surface area contributed by atoms with Gasteiger partial charge in [-0.25, -0.2) is 4.98 Å². The summed E-state index contributed by atoms with van der Waals surface area (Å²) in [5.74, 6) is 1.79. The quantitative estimate of drug-likeness (QED) is 0.785. The Bertz CT molecular complexity index is 553. The first-order chi connectivity index (χ1) is 9.08. The van der Waals surface area contributed by atoms with Crippen LogP contribution in [0.3, 0.4) is 0 Å². The van der Waals surface area contributed by atoms with E-state index in [0.29, 0.717) is 28.6 Å². The van der Waals surface area contributed by atoms with Gasteiger partial charge in [-0.15, -0.1) is 0 Å². The zero-order valence-corrected chi connectivity index (χ0v) is 12.1. The molecule has 0 N–H and O–H groups in total. The van der Waals surface area contributed by atoms with Crippen LogP contribution in [-0.2, 0) is 6.42 Å². The van der Waals surface area contributed by atoms with Crippen LogP contribution in [0, 0.1) is 0 Å². The Hall–Kier alpha value is -1.62. The van der Waals surface area contributed by atoms with Gasteiger partial charge in [0.05, 0.1) is 12.4 Å². The molecule has 0 spiro atoms. The van der Waals surface area contributed by atoms with Crippen molar-refractivity contribution in [3.8, 4) is 11.6 Å². The SMILES string of the molecule is CCCc1nc(Cl)cc(Oc2cnn(C(C)C)c2)n1. The van der Waals surface area contributed by atoms with Gasteiger partial charge in [0.2, 0.25) is 5.88 Å². The molecule has 2 heterocycles. The summed E-state index contributed by atoms with van der Waals surface area (Å²) in [6.07, 6.45) is 5.24. The lowest BCUT2D eigenvalue weighted by atomic mass is 10.3. The van der Waals surface area contributed by atoms with E-state index in [2.05, 4.69) is 35.8 Å². The van der Waals surface area contributed by atoms with Crippen LogP contribution in [0.2, 0.25) is 5.15 Å². The Morgan fingerprint density at radius 2 is 2.16 bits per heavy atom. The van der Waals surface area contributed by atoms with Crippen LogP contribution in [0.4, 0.5) is 0 Å². The third-order valence-electron chi connectivity index (χ3n) is 2.52. The fraction of sp³-hybridized carbons (Fsp3) is 0.462. The van der Waals surface area contributed by atoms with Crippen molar-refractivity contribution in [1.82, 2.24) is 19.7 Å². The van der Waals surface area contributed by atoms with Gasteiger partial charge in [-0.2, -0.15) is 10.1 Å². The predicted octanol–water partition coefficient (Wildman–Crippen LogP) is 3.65. The molecule has 0 amide bonds. The summed E-state index contributed by atoms with van der Waals surface area (Å²) >= 11 is 5.96. The van der Waals surface area contributed by atoms with Crippen LogP contribution < -0.4 is 4.74 Å². The number of hydrogen-bond acceptors (Lipinski definition) is 4. The lowest BCUT2D eigenvalue weighted by molar-refractivity contribution is 0.454. The Balaban J connectivity index is 2.17. The summed E-state index contributed by atoms with van der Waals surface area (Å²) in [4.78, 5) is 8.47. The molecular formula is C13H17ClN4O. The molecule has 0 saturated heterocycles. The summed E-state index contributed by atoms with van der Waals surface area (Å²) in [6.45, 7) is 6.17. The van der Waals surface area contributed by atoms with E-state index in [1.54, 1.807) is 12.3 Å².